The van der Waals surface area contributed by atoms with Crippen molar-refractivity contribution >= 4 is 23.0 Å². The van der Waals surface area contributed by atoms with E-state index in [0.29, 0.717) is 11.0 Å². The van der Waals surface area contributed by atoms with Crippen LogP contribution in [-0.4, -0.2) is 41.1 Å². The smallest absolute Gasteiger partial charge is 0.136 e. The van der Waals surface area contributed by atoms with Crippen LogP contribution in [0.3, 0.4) is 0 Å². The molecule has 2 heterocycles. The van der Waals surface area contributed by atoms with Crippen LogP contribution in [0, 0.1) is 0 Å². The number of fused-ring (bicyclic) bond motifs is 1. The van der Waals surface area contributed by atoms with E-state index in [9.17, 15) is 0 Å². The minimum absolute atomic E-state index is 0.444. The molecule has 1 aliphatic carbocycles. The molecule has 20 heavy (non-hydrogen) atoms. The Morgan fingerprint density at radius 3 is 2.95 bits per heavy atom. The number of likely N-dealkylation sites (N-methyl/N-ethyl adjacent to an activating group) is 1. The van der Waals surface area contributed by atoms with Crippen molar-refractivity contribution in [2.24, 2.45) is 5.73 Å². The van der Waals surface area contributed by atoms with Gasteiger partial charge in [-0.2, -0.15) is 0 Å². The molecular weight excluding hydrogens is 268 g/mol. The molecule has 2 aliphatic rings. The van der Waals surface area contributed by atoms with Gasteiger partial charge >= 0.3 is 0 Å². The molecule has 1 fully saturated rings. The van der Waals surface area contributed by atoms with Gasteiger partial charge in [-0.1, -0.05) is 12.2 Å². The van der Waals surface area contributed by atoms with E-state index in [1.165, 1.54) is 24.1 Å². The van der Waals surface area contributed by atoms with Crippen LogP contribution >= 0.6 is 12.2 Å². The molecule has 1 atom stereocenters. The maximum atomic E-state index is 5.89. The Morgan fingerprint density at radius 1 is 1.45 bits per heavy atom. The van der Waals surface area contributed by atoms with E-state index in [1.807, 2.05) is 0 Å². The Morgan fingerprint density at radius 2 is 2.25 bits per heavy atom. The van der Waals surface area contributed by atoms with Crippen LogP contribution < -0.4 is 11.1 Å². The van der Waals surface area contributed by atoms with E-state index in [0.717, 1.165) is 43.7 Å². The van der Waals surface area contributed by atoms with Crippen molar-refractivity contribution in [1.82, 2.24) is 9.88 Å². The van der Waals surface area contributed by atoms with Gasteiger partial charge in [-0.25, -0.2) is 4.98 Å². The van der Waals surface area contributed by atoms with Crippen molar-refractivity contribution in [1.29, 1.82) is 0 Å². The van der Waals surface area contributed by atoms with Gasteiger partial charge in [0.1, 0.15) is 10.8 Å². The Balaban J connectivity index is 1.89. The lowest BCUT2D eigenvalue weighted by Crippen LogP contribution is -2.26. The average molecular weight is 290 g/mol. The molecule has 1 saturated heterocycles. The van der Waals surface area contributed by atoms with Crippen LogP contribution in [0.1, 0.15) is 36.1 Å². The Labute approximate surface area is 125 Å². The maximum absolute atomic E-state index is 5.89. The number of nitrogens with one attached hydrogen (secondary N) is 1. The van der Waals surface area contributed by atoms with Crippen LogP contribution in [0.2, 0.25) is 0 Å². The standard InChI is InChI=1S/C15H22N4S/c1-19-7-6-11(9-19)17-15-12(14(16)20)8-10-4-2-3-5-13(10)18-15/h8,11H,2-7,9H2,1H3,(H2,16,20)(H,17,18). The Hall–Kier alpha value is -1.20. The largest absolute Gasteiger partial charge is 0.389 e. The second-order valence-corrected chi connectivity index (χ2v) is 6.39. The normalized spacial score (nSPS) is 22.6. The second kappa shape index (κ2) is 5.66. The summed E-state index contributed by atoms with van der Waals surface area (Å²) in [5, 5.41) is 3.55. The fourth-order valence-electron chi connectivity index (χ4n) is 3.18. The molecule has 1 aromatic rings. The highest BCUT2D eigenvalue weighted by Gasteiger charge is 2.22. The Bertz CT molecular complexity index is 529. The zero-order valence-electron chi connectivity index (χ0n) is 12.0. The van der Waals surface area contributed by atoms with E-state index >= 15 is 0 Å². The second-order valence-electron chi connectivity index (χ2n) is 5.95. The molecule has 1 unspecified atom stereocenters. The summed E-state index contributed by atoms with van der Waals surface area (Å²) in [6.07, 6.45) is 5.80. The SMILES string of the molecule is CN1CCC(Nc2nc3c(cc2C(N)=S)CCCC3)C1. The van der Waals surface area contributed by atoms with Gasteiger partial charge in [0.2, 0.25) is 0 Å². The van der Waals surface area contributed by atoms with E-state index in [-0.39, 0.29) is 0 Å². The number of likely N-dealkylation sites (tertiary alicyclic amines) is 1. The molecule has 0 amide bonds. The van der Waals surface area contributed by atoms with E-state index in [1.54, 1.807) is 0 Å². The third-order valence-corrected chi connectivity index (χ3v) is 4.52. The van der Waals surface area contributed by atoms with Crippen molar-refractivity contribution in [3.05, 3.63) is 22.9 Å². The molecule has 3 N–H and O–H groups in total. The molecule has 5 heteroatoms. The molecule has 108 valence electrons. The number of aromatic nitrogens is 1. The highest BCUT2D eigenvalue weighted by molar-refractivity contribution is 7.80. The third kappa shape index (κ3) is 2.79. The summed E-state index contributed by atoms with van der Waals surface area (Å²) in [4.78, 5) is 7.60. The molecule has 1 aliphatic heterocycles. The van der Waals surface area contributed by atoms with E-state index in [2.05, 4.69) is 23.3 Å². The number of thiocarbonyl (C=S) groups is 1. The van der Waals surface area contributed by atoms with Crippen molar-refractivity contribution in [3.63, 3.8) is 0 Å². The molecule has 4 nitrogen and oxygen atoms in total. The first-order valence-corrected chi connectivity index (χ1v) is 7.82. The molecule has 0 radical (unpaired) electrons. The maximum Gasteiger partial charge on any atom is 0.136 e. The monoisotopic (exact) mass is 290 g/mol. The first-order valence-electron chi connectivity index (χ1n) is 7.41. The summed E-state index contributed by atoms with van der Waals surface area (Å²) in [6, 6.07) is 2.60. The predicted octanol–water partition coefficient (Wildman–Crippen LogP) is 1.71. The van der Waals surface area contributed by atoms with E-state index < -0.39 is 0 Å². The molecule has 0 bridgehead atoms. The minimum Gasteiger partial charge on any atom is -0.389 e. The van der Waals surface area contributed by atoms with Crippen molar-refractivity contribution in [2.75, 3.05) is 25.5 Å². The van der Waals surface area contributed by atoms with Gasteiger partial charge < -0.3 is 16.0 Å². The molecule has 0 aromatic carbocycles. The van der Waals surface area contributed by atoms with E-state index in [4.69, 9.17) is 22.9 Å². The zero-order valence-corrected chi connectivity index (χ0v) is 12.8. The summed E-state index contributed by atoms with van der Waals surface area (Å²) in [7, 11) is 2.15. The summed E-state index contributed by atoms with van der Waals surface area (Å²) in [5.74, 6) is 0.887. The van der Waals surface area contributed by atoms with Crippen LogP contribution in [0.5, 0.6) is 0 Å². The van der Waals surface area contributed by atoms with Crippen LogP contribution in [0.4, 0.5) is 5.82 Å². The Kier molecular flexibility index (Phi) is 3.89. The lowest BCUT2D eigenvalue weighted by molar-refractivity contribution is 0.414. The van der Waals surface area contributed by atoms with Crippen LogP contribution in [-0.2, 0) is 12.8 Å². The molecule has 0 spiro atoms. The lowest BCUT2D eigenvalue weighted by atomic mass is 9.94. The molecular formula is C15H22N4S. The number of hydrogen-bond acceptors (Lipinski definition) is 4. The average Bonchev–Trinajstić information content (AvgIpc) is 2.83. The topological polar surface area (TPSA) is 54.2 Å². The highest BCUT2D eigenvalue weighted by atomic mass is 32.1. The summed E-state index contributed by atoms with van der Waals surface area (Å²) >= 11 is 5.21. The van der Waals surface area contributed by atoms with Gasteiger partial charge in [0.05, 0.1) is 5.56 Å². The number of rotatable bonds is 3. The van der Waals surface area contributed by atoms with Gasteiger partial charge in [0.25, 0.3) is 0 Å². The summed E-state index contributed by atoms with van der Waals surface area (Å²) in [5.41, 5.74) is 9.36. The van der Waals surface area contributed by atoms with Crippen molar-refractivity contribution in [2.45, 2.75) is 38.1 Å². The van der Waals surface area contributed by atoms with Gasteiger partial charge in [-0.05, 0) is 57.3 Å². The van der Waals surface area contributed by atoms with Gasteiger partial charge in [0.15, 0.2) is 0 Å². The first-order chi connectivity index (χ1) is 9.63. The number of pyridine rings is 1. The lowest BCUT2D eigenvalue weighted by Gasteiger charge is -2.21. The number of aryl methyl sites for hydroxylation is 2. The van der Waals surface area contributed by atoms with Crippen LogP contribution in [0.25, 0.3) is 0 Å². The fraction of sp³-hybridized carbons (Fsp3) is 0.600. The van der Waals surface area contributed by atoms with Crippen molar-refractivity contribution < 1.29 is 0 Å². The fourth-order valence-corrected chi connectivity index (χ4v) is 3.33. The minimum atomic E-state index is 0.444. The van der Waals surface area contributed by atoms with Crippen LogP contribution in [0.15, 0.2) is 6.07 Å². The molecule has 1 aromatic heterocycles. The predicted molar refractivity (Wildman–Crippen MR) is 86.3 cm³/mol. The quantitative estimate of drug-likeness (QED) is 0.830. The van der Waals surface area contributed by atoms with Gasteiger partial charge in [-0.15, -0.1) is 0 Å². The first kappa shape index (κ1) is 13.8. The zero-order chi connectivity index (χ0) is 14.1. The van der Waals surface area contributed by atoms with Crippen molar-refractivity contribution in [3.8, 4) is 0 Å². The molecule has 3 rings (SSSR count). The number of anilines is 1. The number of nitrogens with zero attached hydrogens (tertiary/aromatic N) is 2. The van der Waals surface area contributed by atoms with Gasteiger partial charge in [0, 0.05) is 18.3 Å². The highest BCUT2D eigenvalue weighted by Crippen LogP contribution is 2.26. The summed E-state index contributed by atoms with van der Waals surface area (Å²) in [6.45, 7) is 2.18. The summed E-state index contributed by atoms with van der Waals surface area (Å²) < 4.78 is 0. The molecule has 0 saturated carbocycles. The number of hydrogen-bond donors (Lipinski definition) is 2. The number of nitrogens with two attached hydrogens (primary N) is 1. The van der Waals surface area contributed by atoms with Gasteiger partial charge in [-0.3, -0.25) is 0 Å². The third-order valence-electron chi connectivity index (χ3n) is 4.30.